The summed E-state index contributed by atoms with van der Waals surface area (Å²) in [6.07, 6.45) is 0. The predicted octanol–water partition coefficient (Wildman–Crippen LogP) is 4.03. The molecule has 0 heterocycles. The summed E-state index contributed by atoms with van der Waals surface area (Å²) < 4.78 is 6.66. The number of ketones is 1. The lowest BCUT2D eigenvalue weighted by atomic mass is 10.0. The van der Waals surface area contributed by atoms with Crippen molar-refractivity contribution in [3.63, 3.8) is 0 Å². The quantitative estimate of drug-likeness (QED) is 0.641. The van der Waals surface area contributed by atoms with Gasteiger partial charge in [-0.3, -0.25) is 4.79 Å². The average Bonchev–Trinajstić information content (AvgIpc) is 2.36. The third-order valence-electron chi connectivity index (χ3n) is 2.60. The molecule has 0 unspecified atom stereocenters. The fraction of sp³-hybridized carbons (Fsp3) is 0.0714. The minimum Gasteiger partial charge on any atom is -0.496 e. The molecule has 0 aliphatic rings. The highest BCUT2D eigenvalue weighted by Crippen LogP contribution is 2.27. The van der Waals surface area contributed by atoms with Crippen molar-refractivity contribution < 1.29 is 9.53 Å². The molecule has 0 saturated carbocycles. The monoisotopic (exact) mass is 383 g/mol. The Morgan fingerprint density at radius 3 is 2.42 bits per heavy atom. The Kier molecular flexibility index (Phi) is 4.27. The molecule has 98 valence electrons. The van der Waals surface area contributed by atoms with Gasteiger partial charge in [0, 0.05) is 21.3 Å². The van der Waals surface area contributed by atoms with E-state index in [4.69, 9.17) is 10.5 Å². The summed E-state index contributed by atoms with van der Waals surface area (Å²) in [6.45, 7) is 0. The van der Waals surface area contributed by atoms with E-state index >= 15 is 0 Å². The van der Waals surface area contributed by atoms with Gasteiger partial charge < -0.3 is 10.5 Å². The van der Waals surface area contributed by atoms with E-state index in [1.54, 1.807) is 43.5 Å². The van der Waals surface area contributed by atoms with Gasteiger partial charge in [0.25, 0.3) is 0 Å². The Morgan fingerprint density at radius 2 is 1.84 bits per heavy atom. The van der Waals surface area contributed by atoms with E-state index in [0.29, 0.717) is 22.6 Å². The van der Waals surface area contributed by atoms with Crippen molar-refractivity contribution >= 4 is 43.3 Å². The zero-order valence-electron chi connectivity index (χ0n) is 10.1. The van der Waals surface area contributed by atoms with Gasteiger partial charge in [0.15, 0.2) is 5.78 Å². The van der Waals surface area contributed by atoms with E-state index < -0.39 is 0 Å². The smallest absolute Gasteiger partial charge is 0.193 e. The summed E-state index contributed by atoms with van der Waals surface area (Å²) in [6, 6.07) is 10.4. The van der Waals surface area contributed by atoms with Crippen LogP contribution in [0.4, 0.5) is 5.69 Å². The first-order chi connectivity index (χ1) is 9.01. The lowest BCUT2D eigenvalue weighted by Crippen LogP contribution is -2.02. The topological polar surface area (TPSA) is 52.3 Å². The molecule has 0 amide bonds. The van der Waals surface area contributed by atoms with Crippen molar-refractivity contribution in [2.75, 3.05) is 12.8 Å². The normalized spacial score (nSPS) is 10.3. The van der Waals surface area contributed by atoms with Crippen LogP contribution >= 0.6 is 31.9 Å². The van der Waals surface area contributed by atoms with Crippen LogP contribution in [0.2, 0.25) is 0 Å². The van der Waals surface area contributed by atoms with E-state index in [1.807, 2.05) is 0 Å². The molecule has 5 heteroatoms. The van der Waals surface area contributed by atoms with Gasteiger partial charge in [-0.2, -0.15) is 0 Å². The standard InChI is InChI=1S/C14H11Br2NO2/c1-19-13-3-2-8(6-12(13)16)14(18)9-4-10(15)7-11(17)5-9/h2-7H,17H2,1H3. The molecule has 0 spiro atoms. The number of hydrogen-bond donors (Lipinski definition) is 1. The maximum atomic E-state index is 12.4. The van der Waals surface area contributed by atoms with Crippen molar-refractivity contribution in [2.45, 2.75) is 0 Å². The first kappa shape index (κ1) is 14.1. The third kappa shape index (κ3) is 3.16. The summed E-state index contributed by atoms with van der Waals surface area (Å²) in [4.78, 5) is 12.4. The number of benzene rings is 2. The molecular formula is C14H11Br2NO2. The van der Waals surface area contributed by atoms with Gasteiger partial charge in [0.05, 0.1) is 11.6 Å². The van der Waals surface area contributed by atoms with Crippen molar-refractivity contribution in [3.8, 4) is 5.75 Å². The molecule has 0 bridgehead atoms. The second-order valence-corrected chi connectivity index (χ2v) is 5.72. The fourth-order valence-electron chi connectivity index (χ4n) is 1.72. The van der Waals surface area contributed by atoms with Gasteiger partial charge in [-0.25, -0.2) is 0 Å². The number of nitrogen functional groups attached to an aromatic ring is 1. The van der Waals surface area contributed by atoms with Crippen LogP contribution in [0.1, 0.15) is 15.9 Å². The van der Waals surface area contributed by atoms with Crippen LogP contribution in [0.15, 0.2) is 45.3 Å². The summed E-state index contributed by atoms with van der Waals surface area (Å²) in [5.74, 6) is 0.599. The van der Waals surface area contributed by atoms with E-state index in [2.05, 4.69) is 31.9 Å². The Balaban J connectivity index is 2.41. The van der Waals surface area contributed by atoms with Crippen LogP contribution in [0.25, 0.3) is 0 Å². The minimum atomic E-state index is -0.0867. The molecule has 2 aromatic rings. The molecule has 0 fully saturated rings. The van der Waals surface area contributed by atoms with Gasteiger partial charge in [-0.15, -0.1) is 0 Å². The van der Waals surface area contributed by atoms with Crippen molar-refractivity contribution in [1.29, 1.82) is 0 Å². The number of carbonyl (C=O) groups is 1. The average molecular weight is 385 g/mol. The highest BCUT2D eigenvalue weighted by molar-refractivity contribution is 9.10. The van der Waals surface area contributed by atoms with Crippen molar-refractivity contribution in [1.82, 2.24) is 0 Å². The molecule has 19 heavy (non-hydrogen) atoms. The Morgan fingerprint density at radius 1 is 1.11 bits per heavy atom. The SMILES string of the molecule is COc1ccc(C(=O)c2cc(N)cc(Br)c2)cc1Br. The molecule has 0 radical (unpaired) electrons. The second-order valence-electron chi connectivity index (χ2n) is 3.95. The number of carbonyl (C=O) groups excluding carboxylic acids is 1. The van der Waals surface area contributed by atoms with Crippen LogP contribution in [0, 0.1) is 0 Å². The fourth-order valence-corrected chi connectivity index (χ4v) is 2.77. The van der Waals surface area contributed by atoms with E-state index in [9.17, 15) is 4.79 Å². The highest BCUT2D eigenvalue weighted by Gasteiger charge is 2.12. The maximum absolute atomic E-state index is 12.4. The molecule has 2 rings (SSSR count). The highest BCUT2D eigenvalue weighted by atomic mass is 79.9. The maximum Gasteiger partial charge on any atom is 0.193 e. The molecule has 0 atom stereocenters. The van der Waals surface area contributed by atoms with Crippen molar-refractivity contribution in [3.05, 3.63) is 56.5 Å². The van der Waals surface area contributed by atoms with Gasteiger partial charge in [-0.05, 0) is 52.3 Å². The predicted molar refractivity (Wildman–Crippen MR) is 82.7 cm³/mol. The molecule has 0 aliphatic carbocycles. The number of ether oxygens (including phenoxy) is 1. The number of methoxy groups -OCH3 is 1. The number of rotatable bonds is 3. The minimum absolute atomic E-state index is 0.0867. The Bertz CT molecular complexity index is 621. The molecule has 0 aromatic heterocycles. The van der Waals surface area contributed by atoms with Gasteiger partial charge in [0.2, 0.25) is 0 Å². The van der Waals surface area contributed by atoms with E-state index in [0.717, 1.165) is 8.95 Å². The zero-order valence-corrected chi connectivity index (χ0v) is 13.3. The zero-order chi connectivity index (χ0) is 14.0. The van der Waals surface area contributed by atoms with Crippen LogP contribution in [-0.2, 0) is 0 Å². The lowest BCUT2D eigenvalue weighted by molar-refractivity contribution is 0.103. The van der Waals surface area contributed by atoms with Gasteiger partial charge >= 0.3 is 0 Å². The molecule has 3 nitrogen and oxygen atoms in total. The molecule has 0 aliphatic heterocycles. The van der Waals surface area contributed by atoms with Crippen LogP contribution in [-0.4, -0.2) is 12.9 Å². The molecule has 2 aromatic carbocycles. The molecular weight excluding hydrogens is 374 g/mol. The second kappa shape index (κ2) is 5.75. The van der Waals surface area contributed by atoms with Gasteiger partial charge in [-0.1, -0.05) is 15.9 Å². The lowest BCUT2D eigenvalue weighted by Gasteiger charge is -2.07. The third-order valence-corrected chi connectivity index (χ3v) is 3.67. The number of nitrogens with two attached hydrogens (primary N) is 1. The van der Waals surface area contributed by atoms with E-state index in [1.165, 1.54) is 0 Å². The van der Waals surface area contributed by atoms with E-state index in [-0.39, 0.29) is 5.78 Å². The summed E-state index contributed by atoms with van der Waals surface area (Å²) >= 11 is 6.70. The largest absolute Gasteiger partial charge is 0.496 e. The first-order valence-electron chi connectivity index (χ1n) is 5.45. The van der Waals surface area contributed by atoms with Crippen molar-refractivity contribution in [2.24, 2.45) is 0 Å². The summed E-state index contributed by atoms with van der Waals surface area (Å²) in [5, 5.41) is 0. The van der Waals surface area contributed by atoms with Crippen LogP contribution < -0.4 is 10.5 Å². The molecule has 0 saturated heterocycles. The van der Waals surface area contributed by atoms with Gasteiger partial charge in [0.1, 0.15) is 5.75 Å². The number of halogens is 2. The first-order valence-corrected chi connectivity index (χ1v) is 7.04. The van der Waals surface area contributed by atoms with Crippen LogP contribution in [0.5, 0.6) is 5.75 Å². The molecule has 2 N–H and O–H groups in total. The summed E-state index contributed by atoms with van der Waals surface area (Å²) in [5.41, 5.74) is 7.41. The number of anilines is 1. The Labute approximate surface area is 128 Å². The summed E-state index contributed by atoms with van der Waals surface area (Å²) in [7, 11) is 1.58. The number of hydrogen-bond acceptors (Lipinski definition) is 3. The Hall–Kier alpha value is -1.33. The van der Waals surface area contributed by atoms with Crippen LogP contribution in [0.3, 0.4) is 0 Å².